The van der Waals surface area contributed by atoms with E-state index in [9.17, 15) is 19.2 Å². The summed E-state index contributed by atoms with van der Waals surface area (Å²) in [6, 6.07) is -1.40. The SMILES string of the molecule is CC/C=C\C/C=C\C/C=C\C/C=C\C(CCCCCC(=O)NCC(=O)NC(CO)C(=O)O)OC(=O)CCCCCCCCCCC/C=C\CCCCCCCCCC. The molecular weight excluding hydrogens is 729 g/mol. The molecular formula is C49H84N2O7. The van der Waals surface area contributed by atoms with Gasteiger partial charge in [-0.15, -0.1) is 0 Å². The number of nitrogens with one attached hydrogen (secondary N) is 2. The van der Waals surface area contributed by atoms with Gasteiger partial charge in [0.2, 0.25) is 11.8 Å². The van der Waals surface area contributed by atoms with Crippen LogP contribution in [0.4, 0.5) is 0 Å². The Hall–Kier alpha value is -3.46. The molecule has 0 rings (SSSR count). The van der Waals surface area contributed by atoms with Gasteiger partial charge in [-0.05, 0) is 83.1 Å². The summed E-state index contributed by atoms with van der Waals surface area (Å²) in [5.74, 6) is -2.50. The molecule has 0 fully saturated rings. The van der Waals surface area contributed by atoms with Crippen molar-refractivity contribution in [3.8, 4) is 0 Å². The molecule has 0 saturated heterocycles. The van der Waals surface area contributed by atoms with E-state index in [1.165, 1.54) is 103 Å². The molecule has 4 N–H and O–H groups in total. The number of aliphatic carboxylic acids is 1. The second kappa shape index (κ2) is 43.1. The van der Waals surface area contributed by atoms with Gasteiger partial charge in [0.15, 0.2) is 0 Å². The number of hydrogen-bond acceptors (Lipinski definition) is 6. The Morgan fingerprint density at radius 2 is 1.03 bits per heavy atom. The van der Waals surface area contributed by atoms with E-state index in [-0.39, 0.29) is 30.9 Å². The maximum Gasteiger partial charge on any atom is 0.328 e. The van der Waals surface area contributed by atoms with E-state index in [1.807, 2.05) is 12.2 Å². The van der Waals surface area contributed by atoms with Crippen molar-refractivity contribution in [1.82, 2.24) is 10.6 Å². The van der Waals surface area contributed by atoms with Crippen LogP contribution in [0.1, 0.15) is 200 Å². The molecule has 0 heterocycles. The Kier molecular flexibility index (Phi) is 40.6. The fourth-order valence-corrected chi connectivity index (χ4v) is 6.44. The second-order valence-corrected chi connectivity index (χ2v) is 15.5. The zero-order valence-corrected chi connectivity index (χ0v) is 36.8. The van der Waals surface area contributed by atoms with E-state index in [4.69, 9.17) is 14.9 Å². The number of carboxylic acid groups (broad SMARTS) is 1. The first-order chi connectivity index (χ1) is 28.3. The van der Waals surface area contributed by atoms with E-state index >= 15 is 0 Å². The molecule has 0 radical (unpaired) electrons. The smallest absolute Gasteiger partial charge is 0.328 e. The second-order valence-electron chi connectivity index (χ2n) is 15.5. The van der Waals surface area contributed by atoms with E-state index in [0.717, 1.165) is 57.8 Å². The molecule has 2 atom stereocenters. The molecule has 0 aromatic rings. The number of ether oxygens (including phenoxy) is 1. The molecule has 0 aliphatic heterocycles. The van der Waals surface area contributed by atoms with Gasteiger partial charge in [-0.25, -0.2) is 4.79 Å². The Bertz CT molecular complexity index is 1160. The molecule has 0 bridgehead atoms. The minimum absolute atomic E-state index is 0.164. The highest BCUT2D eigenvalue weighted by Gasteiger charge is 2.19. The normalized spacial score (nSPS) is 13.0. The van der Waals surface area contributed by atoms with Gasteiger partial charge in [0.25, 0.3) is 0 Å². The van der Waals surface area contributed by atoms with E-state index in [2.05, 4.69) is 73.1 Å². The quantitative estimate of drug-likeness (QED) is 0.0273. The fourth-order valence-electron chi connectivity index (χ4n) is 6.44. The molecule has 332 valence electrons. The Morgan fingerprint density at radius 3 is 1.57 bits per heavy atom. The summed E-state index contributed by atoms with van der Waals surface area (Å²) in [6.07, 6.45) is 52.7. The number of aliphatic hydroxyl groups excluding tert-OH is 1. The lowest BCUT2D eigenvalue weighted by molar-refractivity contribution is -0.147. The summed E-state index contributed by atoms with van der Waals surface area (Å²) >= 11 is 0. The van der Waals surface area contributed by atoms with Gasteiger partial charge in [-0.2, -0.15) is 0 Å². The third-order valence-electron chi connectivity index (χ3n) is 9.98. The van der Waals surface area contributed by atoms with Crippen molar-refractivity contribution in [3.63, 3.8) is 0 Å². The molecule has 0 aromatic carbocycles. The number of carboxylic acids is 1. The zero-order chi connectivity index (χ0) is 42.6. The van der Waals surface area contributed by atoms with Crippen LogP contribution in [0.15, 0.2) is 60.8 Å². The summed E-state index contributed by atoms with van der Waals surface area (Å²) in [5.41, 5.74) is 0. The molecule has 0 saturated carbocycles. The molecule has 2 unspecified atom stereocenters. The van der Waals surface area contributed by atoms with Gasteiger partial charge in [-0.3, -0.25) is 14.4 Å². The van der Waals surface area contributed by atoms with Gasteiger partial charge >= 0.3 is 11.9 Å². The van der Waals surface area contributed by atoms with Crippen LogP contribution in [0, 0.1) is 0 Å². The topological polar surface area (TPSA) is 142 Å². The Morgan fingerprint density at radius 1 is 0.552 bits per heavy atom. The van der Waals surface area contributed by atoms with Crippen LogP contribution in [-0.4, -0.2) is 59.3 Å². The Balaban J connectivity index is 4.32. The standard InChI is InChI=1S/C49H84N2O7/c1-3-5-7-9-11-13-15-16-17-18-19-20-21-22-23-24-26-28-30-32-37-41-48(55)58-44(38-34-31-29-27-25-14-12-10-8-6-4-2)39-35-33-36-40-46(53)50-42-47(54)51-45(43-52)49(56)57/h6,8,12,14,18-19,27,29,34,38,44-45,52H,3-5,7,9-11,13,15-17,20-26,28,30-33,35-37,39-43H2,1-2H3,(H,50,53)(H,51,54)(H,56,57)/b8-6-,14-12-,19-18-,29-27-,38-34-. The van der Waals surface area contributed by atoms with Crippen LogP contribution in [0.3, 0.4) is 0 Å². The molecule has 0 aliphatic rings. The summed E-state index contributed by atoms with van der Waals surface area (Å²) < 4.78 is 5.88. The van der Waals surface area contributed by atoms with Crippen molar-refractivity contribution in [2.45, 2.75) is 212 Å². The zero-order valence-electron chi connectivity index (χ0n) is 36.8. The number of carbonyl (C=O) groups excluding carboxylic acids is 3. The van der Waals surface area contributed by atoms with Crippen molar-refractivity contribution in [2.75, 3.05) is 13.2 Å². The van der Waals surface area contributed by atoms with Crippen LogP contribution >= 0.6 is 0 Å². The van der Waals surface area contributed by atoms with Crippen LogP contribution in [0.5, 0.6) is 0 Å². The van der Waals surface area contributed by atoms with Crippen molar-refractivity contribution < 1.29 is 34.1 Å². The first kappa shape index (κ1) is 54.5. The van der Waals surface area contributed by atoms with Crippen molar-refractivity contribution in [2.24, 2.45) is 0 Å². The summed E-state index contributed by atoms with van der Waals surface area (Å²) in [5, 5.41) is 22.6. The highest BCUT2D eigenvalue weighted by atomic mass is 16.5. The number of hydrogen-bond donors (Lipinski definition) is 4. The molecule has 0 spiro atoms. The van der Waals surface area contributed by atoms with Gasteiger partial charge in [0.1, 0.15) is 12.1 Å². The molecule has 0 aliphatic carbocycles. The first-order valence-electron chi connectivity index (χ1n) is 23.2. The lowest BCUT2D eigenvalue weighted by atomic mass is 10.1. The van der Waals surface area contributed by atoms with E-state index < -0.39 is 24.5 Å². The number of amides is 2. The summed E-state index contributed by atoms with van der Waals surface area (Å²) in [7, 11) is 0. The third-order valence-corrected chi connectivity index (χ3v) is 9.98. The van der Waals surface area contributed by atoms with Crippen molar-refractivity contribution in [3.05, 3.63) is 60.8 Å². The largest absolute Gasteiger partial charge is 0.480 e. The number of rotatable bonds is 41. The number of carbonyl (C=O) groups is 4. The highest BCUT2D eigenvalue weighted by molar-refractivity contribution is 5.87. The van der Waals surface area contributed by atoms with Gasteiger partial charge in [-0.1, -0.05) is 165 Å². The van der Waals surface area contributed by atoms with Crippen LogP contribution in [0.2, 0.25) is 0 Å². The van der Waals surface area contributed by atoms with Gasteiger partial charge in [0.05, 0.1) is 13.2 Å². The van der Waals surface area contributed by atoms with Crippen molar-refractivity contribution >= 4 is 23.8 Å². The fraction of sp³-hybridized carbons (Fsp3) is 0.714. The average molecular weight is 813 g/mol. The lowest BCUT2D eigenvalue weighted by Gasteiger charge is -2.15. The number of unbranched alkanes of at least 4 members (excludes halogenated alkanes) is 19. The minimum Gasteiger partial charge on any atom is -0.480 e. The summed E-state index contributed by atoms with van der Waals surface area (Å²) in [6.45, 7) is 3.31. The molecule has 9 nitrogen and oxygen atoms in total. The van der Waals surface area contributed by atoms with Gasteiger partial charge in [0, 0.05) is 12.8 Å². The monoisotopic (exact) mass is 813 g/mol. The van der Waals surface area contributed by atoms with E-state index in [1.54, 1.807) is 0 Å². The van der Waals surface area contributed by atoms with E-state index in [0.29, 0.717) is 19.3 Å². The predicted molar refractivity (Wildman–Crippen MR) is 240 cm³/mol. The average Bonchev–Trinajstić information content (AvgIpc) is 3.21. The predicted octanol–water partition coefficient (Wildman–Crippen LogP) is 11.7. The number of aliphatic hydroxyl groups is 1. The molecule has 9 heteroatoms. The first-order valence-corrected chi connectivity index (χ1v) is 23.2. The lowest BCUT2D eigenvalue weighted by Crippen LogP contribution is -2.47. The third kappa shape index (κ3) is 39.4. The highest BCUT2D eigenvalue weighted by Crippen LogP contribution is 2.15. The van der Waals surface area contributed by atoms with Crippen LogP contribution < -0.4 is 10.6 Å². The van der Waals surface area contributed by atoms with Crippen LogP contribution in [0.25, 0.3) is 0 Å². The van der Waals surface area contributed by atoms with Crippen molar-refractivity contribution in [1.29, 1.82) is 0 Å². The minimum atomic E-state index is -1.40. The summed E-state index contributed by atoms with van der Waals surface area (Å²) in [4.78, 5) is 47.7. The Labute approximate surface area is 353 Å². The van der Waals surface area contributed by atoms with Crippen LogP contribution in [-0.2, 0) is 23.9 Å². The maximum atomic E-state index is 12.8. The number of esters is 1. The van der Waals surface area contributed by atoms with Gasteiger partial charge < -0.3 is 25.6 Å². The maximum absolute atomic E-state index is 12.8. The molecule has 0 aromatic heterocycles. The molecule has 58 heavy (non-hydrogen) atoms. The molecule has 2 amide bonds. The number of allylic oxidation sites excluding steroid dienone is 9.